The summed E-state index contributed by atoms with van der Waals surface area (Å²) in [7, 11) is 5.87. The zero-order valence-corrected chi connectivity index (χ0v) is 13.0. The summed E-state index contributed by atoms with van der Waals surface area (Å²) in [5.41, 5.74) is 0. The number of nitrogens with one attached hydrogen (secondary N) is 1. The average molecular weight is 296 g/mol. The maximum atomic E-state index is 5.64. The van der Waals surface area contributed by atoms with Crippen molar-refractivity contribution in [3.05, 3.63) is 0 Å². The van der Waals surface area contributed by atoms with Crippen LogP contribution in [0.25, 0.3) is 0 Å². The molecule has 118 valence electrons. The van der Waals surface area contributed by atoms with Crippen molar-refractivity contribution in [2.45, 2.75) is 6.42 Å². The molecule has 0 saturated carbocycles. The van der Waals surface area contributed by atoms with Gasteiger partial charge < -0.3 is 24.6 Å². The van der Waals surface area contributed by atoms with Crippen LogP contribution in [-0.4, -0.2) is 80.4 Å². The summed E-state index contributed by atoms with van der Waals surface area (Å²) in [6.07, 6.45) is 0.931. The molecule has 0 radical (unpaired) electrons. The SMILES string of the molecule is CNc1nc(OCCCN(C)C)nc(N2CCOCC2)n1. The fraction of sp³-hybridized carbons (Fsp3) is 0.769. The highest BCUT2D eigenvalue weighted by molar-refractivity contribution is 5.38. The maximum absolute atomic E-state index is 5.64. The average Bonchev–Trinajstić information content (AvgIpc) is 2.52. The Morgan fingerprint density at radius 3 is 2.67 bits per heavy atom. The largest absolute Gasteiger partial charge is 0.463 e. The number of hydrogen-bond donors (Lipinski definition) is 1. The van der Waals surface area contributed by atoms with Crippen molar-refractivity contribution in [2.75, 3.05) is 70.8 Å². The van der Waals surface area contributed by atoms with Gasteiger partial charge in [-0.05, 0) is 20.5 Å². The van der Waals surface area contributed by atoms with E-state index in [4.69, 9.17) is 9.47 Å². The Labute approximate surface area is 125 Å². The molecule has 0 bridgehead atoms. The maximum Gasteiger partial charge on any atom is 0.323 e. The van der Waals surface area contributed by atoms with Crippen LogP contribution in [0, 0.1) is 0 Å². The molecule has 1 N–H and O–H groups in total. The summed E-state index contributed by atoms with van der Waals surface area (Å²) in [5.74, 6) is 1.16. The first-order valence-electron chi connectivity index (χ1n) is 7.23. The Kier molecular flexibility index (Phi) is 5.94. The van der Waals surface area contributed by atoms with Gasteiger partial charge in [-0.3, -0.25) is 0 Å². The number of ether oxygens (including phenoxy) is 2. The number of nitrogens with zero attached hydrogens (tertiary/aromatic N) is 5. The van der Waals surface area contributed by atoms with Crippen LogP contribution in [-0.2, 0) is 4.74 Å². The van der Waals surface area contributed by atoms with Crippen LogP contribution in [0.1, 0.15) is 6.42 Å². The second kappa shape index (κ2) is 7.94. The first-order chi connectivity index (χ1) is 10.2. The van der Waals surface area contributed by atoms with Crippen molar-refractivity contribution in [1.29, 1.82) is 0 Å². The Morgan fingerprint density at radius 2 is 2.00 bits per heavy atom. The lowest BCUT2D eigenvalue weighted by molar-refractivity contribution is 0.122. The molecule has 1 fully saturated rings. The molecule has 0 spiro atoms. The molecular formula is C13H24N6O2. The zero-order chi connectivity index (χ0) is 15.1. The molecule has 1 aromatic rings. The van der Waals surface area contributed by atoms with E-state index < -0.39 is 0 Å². The summed E-state index contributed by atoms with van der Waals surface area (Å²) in [6.45, 7) is 4.52. The first-order valence-corrected chi connectivity index (χ1v) is 7.23. The van der Waals surface area contributed by atoms with Gasteiger partial charge in [0.25, 0.3) is 0 Å². The van der Waals surface area contributed by atoms with Gasteiger partial charge in [0.2, 0.25) is 11.9 Å². The summed E-state index contributed by atoms with van der Waals surface area (Å²) in [5, 5.41) is 2.95. The molecule has 0 amide bonds. The highest BCUT2D eigenvalue weighted by atomic mass is 16.5. The van der Waals surface area contributed by atoms with Crippen LogP contribution >= 0.6 is 0 Å². The number of aromatic nitrogens is 3. The fourth-order valence-corrected chi connectivity index (χ4v) is 1.97. The second-order valence-electron chi connectivity index (χ2n) is 5.10. The molecule has 21 heavy (non-hydrogen) atoms. The molecule has 0 atom stereocenters. The van der Waals surface area contributed by atoms with E-state index in [0.717, 1.165) is 26.1 Å². The molecule has 1 aromatic heterocycles. The standard InChI is InChI=1S/C13H24N6O2/c1-14-11-15-12(19-6-9-20-10-7-19)17-13(16-11)21-8-4-5-18(2)3/h4-10H2,1-3H3,(H,14,15,16,17). The number of morpholine rings is 1. The van der Waals surface area contributed by atoms with Crippen LogP contribution in [0.4, 0.5) is 11.9 Å². The second-order valence-corrected chi connectivity index (χ2v) is 5.10. The van der Waals surface area contributed by atoms with Crippen molar-refractivity contribution in [1.82, 2.24) is 19.9 Å². The van der Waals surface area contributed by atoms with Crippen molar-refractivity contribution in [3.63, 3.8) is 0 Å². The van der Waals surface area contributed by atoms with Crippen LogP contribution < -0.4 is 15.0 Å². The Morgan fingerprint density at radius 1 is 1.24 bits per heavy atom. The van der Waals surface area contributed by atoms with Crippen LogP contribution in [0.3, 0.4) is 0 Å². The lowest BCUT2D eigenvalue weighted by Crippen LogP contribution is -2.37. The molecule has 1 saturated heterocycles. The van der Waals surface area contributed by atoms with E-state index in [1.165, 1.54) is 0 Å². The van der Waals surface area contributed by atoms with E-state index in [9.17, 15) is 0 Å². The molecule has 8 heteroatoms. The van der Waals surface area contributed by atoms with E-state index in [1.807, 2.05) is 14.1 Å². The van der Waals surface area contributed by atoms with E-state index in [0.29, 0.717) is 37.7 Å². The minimum absolute atomic E-state index is 0.370. The molecule has 1 aliphatic heterocycles. The third kappa shape index (κ3) is 4.98. The summed E-state index contributed by atoms with van der Waals surface area (Å²) in [4.78, 5) is 17.2. The first kappa shape index (κ1) is 15.7. The van der Waals surface area contributed by atoms with Crippen LogP contribution in [0.2, 0.25) is 0 Å². The lowest BCUT2D eigenvalue weighted by atomic mass is 10.4. The smallest absolute Gasteiger partial charge is 0.323 e. The van der Waals surface area contributed by atoms with Crippen molar-refractivity contribution >= 4 is 11.9 Å². The summed E-state index contributed by atoms with van der Waals surface area (Å²) in [6, 6.07) is 0.370. The van der Waals surface area contributed by atoms with Crippen molar-refractivity contribution < 1.29 is 9.47 Å². The van der Waals surface area contributed by atoms with Gasteiger partial charge in [0, 0.05) is 26.7 Å². The molecule has 2 heterocycles. The van der Waals surface area contributed by atoms with Gasteiger partial charge in [-0.25, -0.2) is 0 Å². The topological polar surface area (TPSA) is 75.6 Å². The monoisotopic (exact) mass is 296 g/mol. The number of anilines is 2. The Hall–Kier alpha value is -1.67. The van der Waals surface area contributed by atoms with Gasteiger partial charge in [-0.2, -0.15) is 15.0 Å². The molecule has 0 unspecified atom stereocenters. The highest BCUT2D eigenvalue weighted by Gasteiger charge is 2.16. The third-order valence-electron chi connectivity index (χ3n) is 3.10. The van der Waals surface area contributed by atoms with Gasteiger partial charge in [0.1, 0.15) is 0 Å². The fourth-order valence-electron chi connectivity index (χ4n) is 1.97. The van der Waals surface area contributed by atoms with Crippen molar-refractivity contribution in [2.24, 2.45) is 0 Å². The van der Waals surface area contributed by atoms with Crippen molar-refractivity contribution in [3.8, 4) is 6.01 Å². The summed E-state index contributed by atoms with van der Waals surface area (Å²) < 4.78 is 11.0. The Bertz CT molecular complexity index is 437. The molecule has 1 aliphatic rings. The van der Waals surface area contributed by atoms with Crippen LogP contribution in [0.15, 0.2) is 0 Å². The van der Waals surface area contributed by atoms with Gasteiger partial charge in [0.05, 0.1) is 19.8 Å². The summed E-state index contributed by atoms with van der Waals surface area (Å²) >= 11 is 0. The highest BCUT2D eigenvalue weighted by Crippen LogP contribution is 2.16. The van der Waals surface area contributed by atoms with Gasteiger partial charge in [-0.15, -0.1) is 0 Å². The minimum Gasteiger partial charge on any atom is -0.463 e. The minimum atomic E-state index is 0.370. The molecule has 2 rings (SSSR count). The van der Waals surface area contributed by atoms with E-state index >= 15 is 0 Å². The molecule has 0 aliphatic carbocycles. The zero-order valence-electron chi connectivity index (χ0n) is 13.0. The third-order valence-corrected chi connectivity index (χ3v) is 3.10. The van der Waals surface area contributed by atoms with Crippen LogP contribution in [0.5, 0.6) is 6.01 Å². The normalized spacial score (nSPS) is 15.3. The van der Waals surface area contributed by atoms with Gasteiger partial charge in [0.15, 0.2) is 0 Å². The van der Waals surface area contributed by atoms with Gasteiger partial charge in [-0.1, -0.05) is 0 Å². The van der Waals surface area contributed by atoms with Gasteiger partial charge >= 0.3 is 6.01 Å². The molecule has 8 nitrogen and oxygen atoms in total. The molecule has 0 aromatic carbocycles. The van der Waals surface area contributed by atoms with E-state index in [-0.39, 0.29) is 0 Å². The number of rotatable bonds is 7. The van der Waals surface area contributed by atoms with E-state index in [2.05, 4.69) is 30.1 Å². The number of hydrogen-bond acceptors (Lipinski definition) is 8. The van der Waals surface area contributed by atoms with E-state index in [1.54, 1.807) is 7.05 Å². The quantitative estimate of drug-likeness (QED) is 0.709. The lowest BCUT2D eigenvalue weighted by Gasteiger charge is -2.26. The predicted molar refractivity (Wildman–Crippen MR) is 81.1 cm³/mol. The predicted octanol–water partition coefficient (Wildman–Crippen LogP) is 0.0804. The Balaban J connectivity index is 1.99. The molecular weight excluding hydrogens is 272 g/mol.